The molecule has 0 fully saturated rings. The summed E-state index contributed by atoms with van der Waals surface area (Å²) in [5.74, 6) is -0.804. The summed E-state index contributed by atoms with van der Waals surface area (Å²) in [5, 5.41) is 0.570. The van der Waals surface area contributed by atoms with Gasteiger partial charge >= 0.3 is 0 Å². The molecular weight excluding hydrogens is 477 g/mol. The predicted molar refractivity (Wildman–Crippen MR) is 125 cm³/mol. The highest BCUT2D eigenvalue weighted by Crippen LogP contribution is 2.47. The lowest BCUT2D eigenvalue weighted by atomic mass is 9.98. The molecule has 0 atom stereocenters. The zero-order valence-corrected chi connectivity index (χ0v) is 19.4. The number of carbonyl (C=O) groups is 2. The van der Waals surface area contributed by atoms with E-state index in [0.717, 1.165) is 10.6 Å². The van der Waals surface area contributed by atoms with E-state index in [9.17, 15) is 9.59 Å². The Morgan fingerprint density at radius 1 is 0.968 bits per heavy atom. The fraction of sp³-hybridized carbons (Fsp3) is 0.130. The van der Waals surface area contributed by atoms with Crippen LogP contribution in [-0.2, 0) is 3.79 Å². The van der Waals surface area contributed by atoms with Crippen LogP contribution in [0, 0.1) is 0 Å². The molecule has 8 heteroatoms. The van der Waals surface area contributed by atoms with Crippen molar-refractivity contribution in [2.45, 2.75) is 15.6 Å². The minimum Gasteiger partial charge on any atom is -0.461 e. The van der Waals surface area contributed by atoms with E-state index in [-0.39, 0.29) is 11.3 Å². The van der Waals surface area contributed by atoms with Gasteiger partial charge in [-0.1, -0.05) is 83.0 Å². The number of benzene rings is 2. The Bertz CT molecular complexity index is 1170. The van der Waals surface area contributed by atoms with E-state index >= 15 is 0 Å². The van der Waals surface area contributed by atoms with Gasteiger partial charge in [-0.3, -0.25) is 9.59 Å². The molecule has 2 aromatic carbocycles. The molecule has 1 aromatic heterocycles. The van der Waals surface area contributed by atoms with Crippen molar-refractivity contribution >= 4 is 63.8 Å². The van der Waals surface area contributed by atoms with Gasteiger partial charge in [-0.15, -0.1) is 0 Å². The molecule has 4 nitrogen and oxygen atoms in total. The van der Waals surface area contributed by atoms with Crippen LogP contribution < -0.4 is 4.90 Å². The third kappa shape index (κ3) is 4.28. The van der Waals surface area contributed by atoms with Crippen LogP contribution in [-0.4, -0.2) is 18.1 Å². The Morgan fingerprint density at radius 3 is 2.29 bits per heavy atom. The smallest absolute Gasteiger partial charge is 0.234 e. The van der Waals surface area contributed by atoms with Crippen LogP contribution in [0.3, 0.4) is 0 Å². The number of alkyl halides is 3. The molecule has 158 valence electrons. The number of rotatable bonds is 5. The Morgan fingerprint density at radius 2 is 1.68 bits per heavy atom. The molecule has 0 bridgehead atoms. The average molecular weight is 493 g/mol. The van der Waals surface area contributed by atoms with Gasteiger partial charge in [0.15, 0.2) is 11.5 Å². The number of hydrogen-bond donors (Lipinski definition) is 0. The first-order valence-electron chi connectivity index (χ1n) is 9.40. The maximum atomic E-state index is 13.6. The molecule has 31 heavy (non-hydrogen) atoms. The Hall–Kier alpha value is -2.18. The van der Waals surface area contributed by atoms with Gasteiger partial charge in [0.25, 0.3) is 0 Å². The molecule has 2 heterocycles. The fourth-order valence-corrected chi connectivity index (χ4v) is 4.96. The largest absolute Gasteiger partial charge is 0.461 e. The van der Waals surface area contributed by atoms with Crippen molar-refractivity contribution in [1.82, 2.24) is 0 Å². The summed E-state index contributed by atoms with van der Waals surface area (Å²) < 4.78 is 3.71. The summed E-state index contributed by atoms with van der Waals surface area (Å²) in [6.07, 6.45) is 1.41. The third-order valence-electron chi connectivity index (χ3n) is 4.81. The number of ketones is 2. The number of hydrogen-bond acceptors (Lipinski definition) is 5. The molecule has 0 unspecified atom stereocenters. The minimum atomic E-state index is -1.60. The molecular formula is C23H16Cl3NO3S. The second-order valence-corrected chi connectivity index (χ2v) is 10.0. The van der Waals surface area contributed by atoms with Crippen LogP contribution in [0.5, 0.6) is 0 Å². The lowest BCUT2D eigenvalue weighted by Crippen LogP contribution is -2.24. The summed E-state index contributed by atoms with van der Waals surface area (Å²) in [5.41, 5.74) is 1.74. The number of furan rings is 1. The maximum Gasteiger partial charge on any atom is 0.234 e. The number of allylic oxidation sites excluding steroid dienone is 1. The van der Waals surface area contributed by atoms with Crippen molar-refractivity contribution in [3.8, 4) is 0 Å². The van der Waals surface area contributed by atoms with Gasteiger partial charge in [0.2, 0.25) is 9.58 Å². The Labute approximate surface area is 198 Å². The van der Waals surface area contributed by atoms with Gasteiger partial charge in [0.05, 0.1) is 17.0 Å². The Kier molecular flexibility index (Phi) is 6.22. The lowest BCUT2D eigenvalue weighted by Gasteiger charge is -2.20. The molecule has 0 spiro atoms. The van der Waals surface area contributed by atoms with Gasteiger partial charge in [0, 0.05) is 22.6 Å². The SMILES string of the molecule is CCN1C(=C(C(=O)c2ccc(C(Cl)(Cl)Cl)cc2)C(=O)c2ccco2)Sc2ccccc21. The highest BCUT2D eigenvalue weighted by molar-refractivity contribution is 8.03. The number of nitrogens with zero attached hydrogens (tertiary/aromatic N) is 1. The normalized spacial score (nSPS) is 15.0. The molecule has 4 rings (SSSR count). The Balaban J connectivity index is 1.84. The summed E-state index contributed by atoms with van der Waals surface area (Å²) in [6, 6.07) is 17.2. The van der Waals surface area contributed by atoms with Crippen LogP contribution in [0.25, 0.3) is 0 Å². The molecule has 0 saturated heterocycles. The molecule has 1 aliphatic rings. The van der Waals surface area contributed by atoms with Crippen LogP contribution >= 0.6 is 46.6 Å². The van der Waals surface area contributed by atoms with E-state index < -0.39 is 15.4 Å². The quantitative estimate of drug-likeness (QED) is 0.126. The second-order valence-electron chi connectivity index (χ2n) is 6.70. The van der Waals surface area contributed by atoms with Crippen molar-refractivity contribution in [3.05, 3.63) is 94.4 Å². The van der Waals surface area contributed by atoms with E-state index in [0.29, 0.717) is 22.7 Å². The molecule has 1 aliphatic heterocycles. The van der Waals surface area contributed by atoms with E-state index in [1.807, 2.05) is 36.1 Å². The number of para-hydroxylation sites is 1. The van der Waals surface area contributed by atoms with Crippen molar-refractivity contribution in [2.24, 2.45) is 0 Å². The molecule has 0 saturated carbocycles. The van der Waals surface area contributed by atoms with E-state index in [1.165, 1.54) is 18.0 Å². The van der Waals surface area contributed by atoms with Crippen LogP contribution in [0.1, 0.15) is 33.4 Å². The monoisotopic (exact) mass is 491 g/mol. The molecule has 0 aliphatic carbocycles. The maximum absolute atomic E-state index is 13.6. The van der Waals surface area contributed by atoms with Gasteiger partial charge < -0.3 is 9.32 Å². The van der Waals surface area contributed by atoms with Gasteiger partial charge in [-0.05, 0) is 31.2 Å². The van der Waals surface area contributed by atoms with Crippen LogP contribution in [0.2, 0.25) is 0 Å². The first-order chi connectivity index (χ1) is 14.8. The number of anilines is 1. The van der Waals surface area contributed by atoms with E-state index in [4.69, 9.17) is 39.2 Å². The number of carbonyl (C=O) groups excluding carboxylic acids is 2. The third-order valence-corrected chi connectivity index (χ3v) is 6.65. The van der Waals surface area contributed by atoms with Gasteiger partial charge in [-0.25, -0.2) is 0 Å². The zero-order chi connectivity index (χ0) is 22.2. The standard InChI is InChI=1S/C23H16Cl3NO3S/c1-2-27-16-6-3-4-8-18(16)31-22(27)19(21(29)17-7-5-13-30-17)20(28)14-9-11-15(12-10-14)23(24,25)26/h3-13H,2H2,1H3. The van der Waals surface area contributed by atoms with E-state index in [2.05, 4.69) is 0 Å². The predicted octanol–water partition coefficient (Wildman–Crippen LogP) is 7.02. The number of halogens is 3. The lowest BCUT2D eigenvalue weighted by molar-refractivity contribution is 0.0946. The molecule has 0 radical (unpaired) electrons. The van der Waals surface area contributed by atoms with Crippen molar-refractivity contribution < 1.29 is 14.0 Å². The summed E-state index contributed by atoms with van der Waals surface area (Å²) in [6.45, 7) is 2.56. The summed E-state index contributed by atoms with van der Waals surface area (Å²) in [7, 11) is 0. The highest BCUT2D eigenvalue weighted by atomic mass is 35.6. The molecule has 0 amide bonds. The first kappa shape index (κ1) is 22.0. The number of Topliss-reactive ketones (excluding diaryl/α,β-unsaturated/α-hetero) is 2. The fourth-order valence-electron chi connectivity index (χ4n) is 3.32. The highest BCUT2D eigenvalue weighted by Gasteiger charge is 2.34. The number of thioether (sulfide) groups is 1. The number of fused-ring (bicyclic) bond motifs is 1. The zero-order valence-electron chi connectivity index (χ0n) is 16.3. The average Bonchev–Trinajstić information content (AvgIpc) is 3.41. The van der Waals surface area contributed by atoms with Crippen molar-refractivity contribution in [2.75, 3.05) is 11.4 Å². The van der Waals surface area contributed by atoms with Crippen molar-refractivity contribution in [1.29, 1.82) is 0 Å². The van der Waals surface area contributed by atoms with Crippen LogP contribution in [0.4, 0.5) is 5.69 Å². The second kappa shape index (κ2) is 8.75. The minimum absolute atomic E-state index is 0.0413. The van der Waals surface area contributed by atoms with E-state index in [1.54, 1.807) is 36.4 Å². The summed E-state index contributed by atoms with van der Waals surface area (Å²) in [4.78, 5) is 29.9. The molecule has 0 N–H and O–H groups in total. The van der Waals surface area contributed by atoms with Crippen LogP contribution in [0.15, 0.2) is 86.8 Å². The molecule has 3 aromatic rings. The summed E-state index contributed by atoms with van der Waals surface area (Å²) >= 11 is 19.2. The van der Waals surface area contributed by atoms with Gasteiger partial charge in [0.1, 0.15) is 5.57 Å². The van der Waals surface area contributed by atoms with Crippen molar-refractivity contribution in [3.63, 3.8) is 0 Å². The topological polar surface area (TPSA) is 50.5 Å². The first-order valence-corrected chi connectivity index (χ1v) is 11.3. The van der Waals surface area contributed by atoms with Gasteiger partial charge in [-0.2, -0.15) is 0 Å².